The molecule has 0 saturated carbocycles. The lowest BCUT2D eigenvalue weighted by Gasteiger charge is -2.43. The van der Waals surface area contributed by atoms with Crippen LogP contribution in [0.1, 0.15) is 18.1 Å². The van der Waals surface area contributed by atoms with Crippen molar-refractivity contribution in [3.8, 4) is 5.75 Å². The van der Waals surface area contributed by atoms with Gasteiger partial charge in [-0.05, 0) is 61.4 Å². The molecule has 1 aliphatic heterocycles. The minimum absolute atomic E-state index is 0.0590. The SMILES string of the molecule is CNC(=O)N1CCN(S(=O)(=O)c2ccc(OCc3cc(F)ccc3C)cc2)[C@@H](C(=O)NO)C1C. The fourth-order valence-electron chi connectivity index (χ4n) is 3.88. The maximum absolute atomic E-state index is 13.5. The van der Waals surface area contributed by atoms with Crippen LogP contribution < -0.4 is 15.5 Å². The number of piperazine rings is 1. The van der Waals surface area contributed by atoms with E-state index in [9.17, 15) is 27.6 Å². The van der Waals surface area contributed by atoms with Crippen LogP contribution in [0.25, 0.3) is 0 Å². The Balaban J connectivity index is 1.80. The second-order valence-corrected chi connectivity index (χ2v) is 9.75. The maximum Gasteiger partial charge on any atom is 0.317 e. The largest absolute Gasteiger partial charge is 0.489 e. The Labute approximate surface area is 197 Å². The smallest absolute Gasteiger partial charge is 0.317 e. The van der Waals surface area contributed by atoms with Crippen molar-refractivity contribution in [2.75, 3.05) is 20.1 Å². The number of benzene rings is 2. The van der Waals surface area contributed by atoms with Crippen molar-refractivity contribution in [3.05, 3.63) is 59.4 Å². The lowest BCUT2D eigenvalue weighted by molar-refractivity contribution is -0.136. The predicted octanol–water partition coefficient (Wildman–Crippen LogP) is 1.62. The van der Waals surface area contributed by atoms with Crippen LogP contribution in [0.15, 0.2) is 47.4 Å². The van der Waals surface area contributed by atoms with Crippen LogP contribution in [0.5, 0.6) is 5.75 Å². The van der Waals surface area contributed by atoms with Crippen LogP contribution in [0.3, 0.4) is 0 Å². The predicted molar refractivity (Wildman–Crippen MR) is 120 cm³/mol. The molecule has 0 bridgehead atoms. The van der Waals surface area contributed by atoms with E-state index in [1.165, 1.54) is 60.7 Å². The molecule has 12 heteroatoms. The molecule has 2 atom stereocenters. The van der Waals surface area contributed by atoms with Gasteiger partial charge in [-0.3, -0.25) is 10.0 Å². The lowest BCUT2D eigenvalue weighted by atomic mass is 10.1. The zero-order valence-electron chi connectivity index (χ0n) is 19.0. The summed E-state index contributed by atoms with van der Waals surface area (Å²) in [6, 6.07) is 7.35. The third-order valence-electron chi connectivity index (χ3n) is 5.81. The summed E-state index contributed by atoms with van der Waals surface area (Å²) < 4.78 is 46.8. The molecule has 2 aromatic rings. The molecule has 3 rings (SSSR count). The van der Waals surface area contributed by atoms with E-state index < -0.39 is 34.0 Å². The summed E-state index contributed by atoms with van der Waals surface area (Å²) in [5, 5.41) is 11.6. The van der Waals surface area contributed by atoms with E-state index in [0.29, 0.717) is 11.3 Å². The Morgan fingerprint density at radius 1 is 1.18 bits per heavy atom. The molecule has 1 aliphatic rings. The molecule has 0 spiro atoms. The highest BCUT2D eigenvalue weighted by Crippen LogP contribution is 2.27. The Morgan fingerprint density at radius 2 is 1.85 bits per heavy atom. The fraction of sp³-hybridized carbons (Fsp3) is 0.364. The highest BCUT2D eigenvalue weighted by molar-refractivity contribution is 7.89. The van der Waals surface area contributed by atoms with Gasteiger partial charge in [-0.25, -0.2) is 23.1 Å². The summed E-state index contributed by atoms with van der Waals surface area (Å²) in [7, 11) is -2.72. The number of amides is 3. The number of carbonyl (C=O) groups excluding carboxylic acids is 2. The molecule has 0 radical (unpaired) electrons. The quantitative estimate of drug-likeness (QED) is 0.414. The first-order valence-corrected chi connectivity index (χ1v) is 12.0. The number of ether oxygens (including phenoxy) is 1. The summed E-state index contributed by atoms with van der Waals surface area (Å²) in [4.78, 5) is 25.7. The molecule has 2 aromatic carbocycles. The average Bonchev–Trinajstić information content (AvgIpc) is 2.83. The first kappa shape index (κ1) is 25.4. The van der Waals surface area contributed by atoms with Crippen molar-refractivity contribution < 1.29 is 32.3 Å². The third-order valence-corrected chi connectivity index (χ3v) is 7.70. The number of rotatable bonds is 6. The number of hydroxylamine groups is 1. The maximum atomic E-state index is 13.5. The minimum atomic E-state index is -4.15. The number of hydrogen-bond donors (Lipinski definition) is 3. The van der Waals surface area contributed by atoms with E-state index in [-0.39, 0.29) is 30.4 Å². The molecule has 0 aromatic heterocycles. The van der Waals surface area contributed by atoms with E-state index in [2.05, 4.69) is 5.32 Å². The van der Waals surface area contributed by atoms with Gasteiger partial charge in [0.25, 0.3) is 5.91 Å². The standard InChI is InChI=1S/C22H27FN4O6S/c1-14-4-5-17(23)12-16(14)13-33-18-6-8-19(9-7-18)34(31,32)27-11-10-26(22(29)24-3)15(2)20(27)21(28)25-30/h4-9,12,15,20,30H,10-11,13H2,1-3H3,(H,24,29)(H,25,28)/t15?,20-/m1/s1. The van der Waals surface area contributed by atoms with Gasteiger partial charge in [-0.2, -0.15) is 4.31 Å². The molecular weight excluding hydrogens is 467 g/mol. The molecule has 3 amide bonds. The van der Waals surface area contributed by atoms with Gasteiger partial charge in [0.05, 0.1) is 10.9 Å². The fourth-order valence-corrected chi connectivity index (χ4v) is 5.52. The van der Waals surface area contributed by atoms with Crippen LogP contribution in [-0.4, -0.2) is 67.0 Å². The molecule has 3 N–H and O–H groups in total. The van der Waals surface area contributed by atoms with Crippen LogP contribution in [-0.2, 0) is 21.4 Å². The molecule has 1 fully saturated rings. The molecule has 10 nitrogen and oxygen atoms in total. The molecule has 184 valence electrons. The second kappa shape index (κ2) is 10.4. The Kier molecular flexibility index (Phi) is 7.75. The second-order valence-electron chi connectivity index (χ2n) is 7.86. The van der Waals surface area contributed by atoms with Crippen molar-refractivity contribution in [3.63, 3.8) is 0 Å². The minimum Gasteiger partial charge on any atom is -0.489 e. The van der Waals surface area contributed by atoms with Gasteiger partial charge in [-0.15, -0.1) is 0 Å². The van der Waals surface area contributed by atoms with Crippen molar-refractivity contribution in [1.82, 2.24) is 20.0 Å². The number of halogens is 1. The van der Waals surface area contributed by atoms with E-state index in [1.807, 2.05) is 6.92 Å². The lowest BCUT2D eigenvalue weighted by Crippen LogP contribution is -2.66. The summed E-state index contributed by atoms with van der Waals surface area (Å²) >= 11 is 0. The number of nitrogens with one attached hydrogen (secondary N) is 2. The van der Waals surface area contributed by atoms with Crippen LogP contribution in [0.4, 0.5) is 9.18 Å². The van der Waals surface area contributed by atoms with Gasteiger partial charge in [0.2, 0.25) is 10.0 Å². The third kappa shape index (κ3) is 5.13. The van der Waals surface area contributed by atoms with Crippen molar-refractivity contribution in [2.24, 2.45) is 0 Å². The van der Waals surface area contributed by atoms with Gasteiger partial charge in [-0.1, -0.05) is 6.07 Å². The van der Waals surface area contributed by atoms with Crippen LogP contribution >= 0.6 is 0 Å². The van der Waals surface area contributed by atoms with Crippen molar-refractivity contribution >= 4 is 22.0 Å². The highest BCUT2D eigenvalue weighted by atomic mass is 32.2. The summed E-state index contributed by atoms with van der Waals surface area (Å²) in [5.41, 5.74) is 3.02. The summed E-state index contributed by atoms with van der Waals surface area (Å²) in [5.74, 6) is -0.946. The van der Waals surface area contributed by atoms with Crippen LogP contribution in [0.2, 0.25) is 0 Å². The molecule has 34 heavy (non-hydrogen) atoms. The van der Waals surface area contributed by atoms with E-state index in [0.717, 1.165) is 9.87 Å². The first-order chi connectivity index (χ1) is 16.1. The summed E-state index contributed by atoms with van der Waals surface area (Å²) in [6.45, 7) is 3.38. The number of hydrogen-bond acceptors (Lipinski definition) is 6. The number of aryl methyl sites for hydroxylation is 1. The summed E-state index contributed by atoms with van der Waals surface area (Å²) in [6.07, 6.45) is 0. The first-order valence-electron chi connectivity index (χ1n) is 10.5. The van der Waals surface area contributed by atoms with Crippen molar-refractivity contribution in [2.45, 2.75) is 37.4 Å². The molecular formula is C22H27FN4O6S. The Morgan fingerprint density at radius 3 is 2.47 bits per heavy atom. The number of carbonyl (C=O) groups is 2. The zero-order valence-corrected chi connectivity index (χ0v) is 19.8. The highest BCUT2D eigenvalue weighted by Gasteiger charge is 2.45. The van der Waals surface area contributed by atoms with E-state index >= 15 is 0 Å². The normalized spacial score (nSPS) is 18.9. The molecule has 1 saturated heterocycles. The Hall–Kier alpha value is -3.22. The van der Waals surface area contributed by atoms with E-state index in [1.54, 1.807) is 6.07 Å². The van der Waals surface area contributed by atoms with Gasteiger partial charge in [0.1, 0.15) is 24.2 Å². The zero-order chi connectivity index (χ0) is 25.0. The Bertz CT molecular complexity index is 1160. The van der Waals surface area contributed by atoms with Crippen LogP contribution in [0, 0.1) is 12.7 Å². The molecule has 0 aliphatic carbocycles. The van der Waals surface area contributed by atoms with E-state index in [4.69, 9.17) is 4.74 Å². The average molecular weight is 495 g/mol. The molecule has 1 heterocycles. The number of nitrogens with zero attached hydrogens (tertiary/aromatic N) is 2. The van der Waals surface area contributed by atoms with Gasteiger partial charge < -0.3 is 15.0 Å². The molecule has 1 unspecified atom stereocenters. The van der Waals surface area contributed by atoms with Gasteiger partial charge in [0.15, 0.2) is 0 Å². The van der Waals surface area contributed by atoms with Crippen molar-refractivity contribution in [1.29, 1.82) is 0 Å². The topological polar surface area (TPSA) is 128 Å². The number of urea groups is 1. The van der Waals surface area contributed by atoms with Gasteiger partial charge >= 0.3 is 6.03 Å². The monoisotopic (exact) mass is 494 g/mol. The van der Waals surface area contributed by atoms with Gasteiger partial charge in [0, 0.05) is 20.1 Å². The number of sulfonamides is 1.